The minimum Gasteiger partial charge on any atom is -0.324 e. The predicted octanol–water partition coefficient (Wildman–Crippen LogP) is 3.26. The number of nitrogens with two attached hydrogens (primary N) is 1. The second-order valence-corrected chi connectivity index (χ2v) is 4.35. The summed E-state index contributed by atoms with van der Waals surface area (Å²) in [5.41, 5.74) is 6.96. The molecule has 2 rings (SSSR count). The molecule has 1 aromatic heterocycles. The lowest BCUT2D eigenvalue weighted by Gasteiger charge is -2.13. The molecule has 0 aliphatic heterocycles. The molecule has 0 fully saturated rings. The first-order valence-corrected chi connectivity index (χ1v) is 5.74. The van der Waals surface area contributed by atoms with Crippen LogP contribution in [0.25, 0.3) is 0 Å². The summed E-state index contributed by atoms with van der Waals surface area (Å²) in [6.45, 7) is 0. The molecule has 1 aromatic carbocycles. The number of hydrogen-bond acceptors (Lipinski definition) is 2. The van der Waals surface area contributed by atoms with Gasteiger partial charge in [0.15, 0.2) is 0 Å². The Morgan fingerprint density at radius 3 is 2.72 bits per heavy atom. The molecule has 0 radical (unpaired) electrons. The zero-order valence-electron chi connectivity index (χ0n) is 9.41. The van der Waals surface area contributed by atoms with Gasteiger partial charge >= 0.3 is 0 Å². The van der Waals surface area contributed by atoms with Crippen molar-refractivity contribution in [1.29, 1.82) is 0 Å². The molecule has 0 spiro atoms. The first kappa shape index (κ1) is 12.9. The Morgan fingerprint density at radius 2 is 2.06 bits per heavy atom. The van der Waals surface area contributed by atoms with E-state index in [9.17, 15) is 8.78 Å². The Morgan fingerprint density at radius 1 is 1.28 bits per heavy atom. The third-order valence-corrected chi connectivity index (χ3v) is 3.01. The smallest absolute Gasteiger partial charge is 0.146 e. The quantitative estimate of drug-likeness (QED) is 0.928. The minimum atomic E-state index is -0.545. The van der Waals surface area contributed by atoms with Crippen LogP contribution < -0.4 is 5.73 Å². The highest BCUT2D eigenvalue weighted by atomic mass is 35.5. The van der Waals surface area contributed by atoms with Gasteiger partial charge in [0.1, 0.15) is 11.6 Å². The fraction of sp³-hybridized carbons (Fsp3) is 0.154. The fourth-order valence-electron chi connectivity index (χ4n) is 1.72. The number of aromatic nitrogens is 1. The summed E-state index contributed by atoms with van der Waals surface area (Å²) in [5, 5.41) is 0.292. The molecule has 0 bridgehead atoms. The summed E-state index contributed by atoms with van der Waals surface area (Å²) >= 11 is 5.90. The van der Waals surface area contributed by atoms with E-state index in [2.05, 4.69) is 4.98 Å². The Balaban J connectivity index is 2.21. The summed E-state index contributed by atoms with van der Waals surface area (Å²) in [4.78, 5) is 3.66. The zero-order valence-corrected chi connectivity index (χ0v) is 10.2. The van der Waals surface area contributed by atoms with Crippen LogP contribution in [0.2, 0.25) is 5.02 Å². The molecule has 2 nitrogen and oxygen atoms in total. The number of hydrogen-bond donors (Lipinski definition) is 1. The van der Waals surface area contributed by atoms with Crippen LogP contribution in [-0.2, 0) is 6.42 Å². The van der Waals surface area contributed by atoms with Crippen molar-refractivity contribution in [2.45, 2.75) is 12.5 Å². The van der Waals surface area contributed by atoms with Crippen LogP contribution >= 0.6 is 11.6 Å². The van der Waals surface area contributed by atoms with Crippen molar-refractivity contribution in [3.63, 3.8) is 0 Å². The molecule has 0 saturated heterocycles. The molecular formula is C13H11ClF2N2. The van der Waals surface area contributed by atoms with E-state index in [0.717, 1.165) is 6.20 Å². The lowest BCUT2D eigenvalue weighted by atomic mass is 10.0. The fourth-order valence-corrected chi connectivity index (χ4v) is 1.97. The van der Waals surface area contributed by atoms with Gasteiger partial charge in [-0.2, -0.15) is 0 Å². The molecule has 1 unspecified atom stereocenters. The molecule has 0 aliphatic carbocycles. The van der Waals surface area contributed by atoms with E-state index < -0.39 is 17.7 Å². The van der Waals surface area contributed by atoms with E-state index >= 15 is 0 Å². The lowest BCUT2D eigenvalue weighted by molar-refractivity contribution is 0.574. The van der Waals surface area contributed by atoms with Gasteiger partial charge in [-0.25, -0.2) is 8.78 Å². The first-order chi connectivity index (χ1) is 8.58. The highest BCUT2D eigenvalue weighted by Gasteiger charge is 2.13. The van der Waals surface area contributed by atoms with Crippen LogP contribution in [0.15, 0.2) is 36.7 Å². The van der Waals surface area contributed by atoms with E-state index in [4.69, 9.17) is 17.3 Å². The van der Waals surface area contributed by atoms with Crippen molar-refractivity contribution in [2.75, 3.05) is 0 Å². The van der Waals surface area contributed by atoms with Crippen LogP contribution in [-0.4, -0.2) is 4.98 Å². The summed E-state index contributed by atoms with van der Waals surface area (Å²) < 4.78 is 26.4. The third kappa shape index (κ3) is 2.83. The van der Waals surface area contributed by atoms with Crippen molar-refractivity contribution < 1.29 is 8.78 Å². The third-order valence-electron chi connectivity index (χ3n) is 2.66. The van der Waals surface area contributed by atoms with Crippen molar-refractivity contribution in [3.05, 3.63) is 64.4 Å². The lowest BCUT2D eigenvalue weighted by Crippen LogP contribution is -2.15. The van der Waals surface area contributed by atoms with Crippen molar-refractivity contribution in [2.24, 2.45) is 5.73 Å². The minimum absolute atomic E-state index is 0.292. The van der Waals surface area contributed by atoms with Gasteiger partial charge in [-0.15, -0.1) is 0 Å². The van der Waals surface area contributed by atoms with Gasteiger partial charge in [0.05, 0.1) is 6.20 Å². The van der Waals surface area contributed by atoms with E-state index in [1.807, 2.05) is 0 Å². The summed E-state index contributed by atoms with van der Waals surface area (Å²) in [5.74, 6) is -0.865. The summed E-state index contributed by atoms with van der Waals surface area (Å²) in [7, 11) is 0. The molecule has 0 aliphatic rings. The molecule has 94 valence electrons. The normalized spacial score (nSPS) is 12.4. The molecule has 0 amide bonds. The SMILES string of the molecule is NC(Cc1ccc(F)cc1Cl)c1ccncc1F. The van der Waals surface area contributed by atoms with Crippen LogP contribution in [0.4, 0.5) is 8.78 Å². The molecule has 2 aromatic rings. The van der Waals surface area contributed by atoms with Gasteiger partial charge in [0.25, 0.3) is 0 Å². The van der Waals surface area contributed by atoms with Crippen molar-refractivity contribution in [1.82, 2.24) is 4.98 Å². The number of nitrogens with zero attached hydrogens (tertiary/aromatic N) is 1. The van der Waals surface area contributed by atoms with Gasteiger partial charge in [0.2, 0.25) is 0 Å². The van der Waals surface area contributed by atoms with Gasteiger partial charge in [-0.05, 0) is 30.2 Å². The topological polar surface area (TPSA) is 38.9 Å². The van der Waals surface area contributed by atoms with E-state index in [1.165, 1.54) is 24.4 Å². The number of pyridine rings is 1. The number of halogens is 3. The van der Waals surface area contributed by atoms with Crippen LogP contribution in [0, 0.1) is 11.6 Å². The second kappa shape index (κ2) is 5.42. The first-order valence-electron chi connectivity index (χ1n) is 5.37. The van der Waals surface area contributed by atoms with Gasteiger partial charge in [-0.1, -0.05) is 17.7 Å². The zero-order chi connectivity index (χ0) is 13.1. The predicted molar refractivity (Wildman–Crippen MR) is 66.2 cm³/mol. The average molecular weight is 269 g/mol. The Hall–Kier alpha value is -1.52. The van der Waals surface area contributed by atoms with Gasteiger partial charge in [0, 0.05) is 22.8 Å². The maximum Gasteiger partial charge on any atom is 0.146 e. The van der Waals surface area contributed by atoms with Crippen LogP contribution in [0.5, 0.6) is 0 Å². The molecule has 1 atom stereocenters. The molecule has 5 heteroatoms. The summed E-state index contributed by atoms with van der Waals surface area (Å²) in [6.07, 6.45) is 2.92. The van der Waals surface area contributed by atoms with E-state index in [0.29, 0.717) is 22.6 Å². The average Bonchev–Trinajstić information content (AvgIpc) is 2.33. The number of rotatable bonds is 3. The maximum absolute atomic E-state index is 13.5. The second-order valence-electron chi connectivity index (χ2n) is 3.94. The largest absolute Gasteiger partial charge is 0.324 e. The molecule has 1 heterocycles. The van der Waals surface area contributed by atoms with E-state index in [1.54, 1.807) is 6.07 Å². The highest BCUT2D eigenvalue weighted by Crippen LogP contribution is 2.23. The van der Waals surface area contributed by atoms with Crippen molar-refractivity contribution >= 4 is 11.6 Å². The molecule has 0 saturated carbocycles. The Bertz CT molecular complexity index is 560. The highest BCUT2D eigenvalue weighted by molar-refractivity contribution is 6.31. The van der Waals surface area contributed by atoms with Gasteiger partial charge < -0.3 is 5.73 Å². The Labute approximate surface area is 108 Å². The van der Waals surface area contributed by atoms with Crippen molar-refractivity contribution in [3.8, 4) is 0 Å². The Kier molecular flexibility index (Phi) is 3.89. The number of benzene rings is 1. The van der Waals surface area contributed by atoms with Gasteiger partial charge in [-0.3, -0.25) is 4.98 Å². The molecular weight excluding hydrogens is 258 g/mol. The van der Waals surface area contributed by atoms with E-state index in [-0.39, 0.29) is 0 Å². The molecule has 18 heavy (non-hydrogen) atoms. The molecule has 2 N–H and O–H groups in total. The monoisotopic (exact) mass is 268 g/mol. The van der Waals surface area contributed by atoms with Crippen LogP contribution in [0.3, 0.4) is 0 Å². The standard InChI is InChI=1S/C13H11ClF2N2/c14-11-6-9(15)2-1-8(11)5-13(17)10-3-4-18-7-12(10)16/h1-4,6-7,13H,5,17H2. The van der Waals surface area contributed by atoms with Crippen LogP contribution in [0.1, 0.15) is 17.2 Å². The maximum atomic E-state index is 13.5. The summed E-state index contributed by atoms with van der Waals surface area (Å²) in [6, 6.07) is 5.05.